The van der Waals surface area contributed by atoms with E-state index in [0.29, 0.717) is 6.54 Å². The van der Waals surface area contributed by atoms with Crippen molar-refractivity contribution in [1.82, 2.24) is 15.1 Å². The van der Waals surface area contributed by atoms with Crippen LogP contribution in [0.4, 0.5) is 0 Å². The average molecular weight is 332 g/mol. The lowest BCUT2D eigenvalue weighted by molar-refractivity contribution is -0.124. The Bertz CT molecular complexity index is 527. The summed E-state index contributed by atoms with van der Waals surface area (Å²) in [6.07, 6.45) is 0. The summed E-state index contributed by atoms with van der Waals surface area (Å²) in [4.78, 5) is 16.9. The van der Waals surface area contributed by atoms with Crippen LogP contribution < -0.4 is 11.1 Å². The van der Waals surface area contributed by atoms with Crippen LogP contribution in [0.25, 0.3) is 0 Å². The zero-order chi connectivity index (χ0) is 17.7. The third kappa shape index (κ3) is 5.58. The summed E-state index contributed by atoms with van der Waals surface area (Å²) in [7, 11) is 2.17. The molecule has 3 N–H and O–H groups in total. The largest absolute Gasteiger partial charge is 0.351 e. The number of nitrogens with two attached hydrogens (primary N) is 1. The SMILES string of the molecule is CN1CCN(Cc2ccc(CNC(=O)[C@@H](N)C(C)(C)C)cc2)CC1. The Labute approximate surface area is 146 Å². The molecule has 134 valence electrons. The van der Waals surface area contributed by atoms with Gasteiger partial charge in [-0.1, -0.05) is 45.0 Å². The molecule has 2 rings (SSSR count). The van der Waals surface area contributed by atoms with Crippen LogP contribution in [-0.2, 0) is 17.9 Å². The third-order valence-corrected chi connectivity index (χ3v) is 4.71. The minimum absolute atomic E-state index is 0.0935. The van der Waals surface area contributed by atoms with Gasteiger partial charge in [-0.2, -0.15) is 0 Å². The monoisotopic (exact) mass is 332 g/mol. The minimum atomic E-state index is -0.492. The second kappa shape index (κ2) is 8.10. The van der Waals surface area contributed by atoms with Gasteiger partial charge in [0.25, 0.3) is 0 Å². The standard InChI is InChI=1S/C19H32N4O/c1-19(2,3)17(20)18(24)21-13-15-5-7-16(8-6-15)14-23-11-9-22(4)10-12-23/h5-8,17H,9-14,20H2,1-4H3,(H,21,24)/t17-/m1/s1. The van der Waals surface area contributed by atoms with E-state index in [0.717, 1.165) is 38.3 Å². The van der Waals surface area contributed by atoms with Gasteiger partial charge >= 0.3 is 0 Å². The summed E-state index contributed by atoms with van der Waals surface area (Å²) >= 11 is 0. The molecule has 0 aliphatic carbocycles. The van der Waals surface area contributed by atoms with E-state index < -0.39 is 6.04 Å². The van der Waals surface area contributed by atoms with Crippen LogP contribution in [0, 0.1) is 5.41 Å². The van der Waals surface area contributed by atoms with Crippen molar-refractivity contribution in [3.8, 4) is 0 Å². The zero-order valence-electron chi connectivity index (χ0n) is 15.5. The normalized spacial score (nSPS) is 18.4. The fourth-order valence-electron chi connectivity index (χ4n) is 2.72. The number of rotatable bonds is 5. The van der Waals surface area contributed by atoms with Crippen molar-refractivity contribution in [2.45, 2.75) is 39.9 Å². The number of nitrogens with one attached hydrogen (secondary N) is 1. The van der Waals surface area contributed by atoms with E-state index in [-0.39, 0.29) is 11.3 Å². The minimum Gasteiger partial charge on any atom is -0.351 e. The van der Waals surface area contributed by atoms with Crippen molar-refractivity contribution in [2.24, 2.45) is 11.1 Å². The van der Waals surface area contributed by atoms with Crippen molar-refractivity contribution in [1.29, 1.82) is 0 Å². The Morgan fingerprint density at radius 2 is 1.67 bits per heavy atom. The summed E-state index contributed by atoms with van der Waals surface area (Å²) in [6.45, 7) is 12.0. The highest BCUT2D eigenvalue weighted by Gasteiger charge is 2.27. The maximum atomic E-state index is 12.1. The molecule has 1 amide bonds. The molecule has 1 aliphatic rings. The topological polar surface area (TPSA) is 61.6 Å². The number of carbonyl (C=O) groups is 1. The predicted octanol–water partition coefficient (Wildman–Crippen LogP) is 1.42. The first-order valence-electron chi connectivity index (χ1n) is 8.78. The van der Waals surface area contributed by atoms with Gasteiger partial charge in [0.1, 0.15) is 0 Å². The first-order valence-corrected chi connectivity index (χ1v) is 8.78. The van der Waals surface area contributed by atoms with Gasteiger partial charge in [0.05, 0.1) is 6.04 Å². The molecule has 0 unspecified atom stereocenters. The molecule has 0 bridgehead atoms. The van der Waals surface area contributed by atoms with Crippen LogP contribution in [0.3, 0.4) is 0 Å². The number of likely N-dealkylation sites (N-methyl/N-ethyl adjacent to an activating group) is 1. The number of hydrogen-bond acceptors (Lipinski definition) is 4. The van der Waals surface area contributed by atoms with Gasteiger partial charge in [0.15, 0.2) is 0 Å². The van der Waals surface area contributed by atoms with Gasteiger partial charge in [-0.05, 0) is 23.6 Å². The molecule has 1 atom stereocenters. The summed E-state index contributed by atoms with van der Waals surface area (Å²) in [5, 5.41) is 2.93. The summed E-state index contributed by atoms with van der Waals surface area (Å²) < 4.78 is 0. The molecule has 0 saturated carbocycles. The van der Waals surface area contributed by atoms with Gasteiger partial charge in [0, 0.05) is 39.3 Å². The van der Waals surface area contributed by atoms with Gasteiger partial charge < -0.3 is 16.0 Å². The Balaban J connectivity index is 1.81. The van der Waals surface area contributed by atoms with Gasteiger partial charge in [-0.25, -0.2) is 0 Å². The molecule has 1 heterocycles. The van der Waals surface area contributed by atoms with Crippen LogP contribution in [-0.4, -0.2) is 55.0 Å². The summed E-state index contributed by atoms with van der Waals surface area (Å²) in [6, 6.07) is 8.00. The Kier molecular flexibility index (Phi) is 6.38. The molecule has 1 saturated heterocycles. The Hall–Kier alpha value is -1.43. The summed E-state index contributed by atoms with van der Waals surface area (Å²) in [5.41, 5.74) is 8.17. The second-order valence-corrected chi connectivity index (χ2v) is 7.96. The fraction of sp³-hybridized carbons (Fsp3) is 0.632. The molecule has 1 aromatic rings. The maximum Gasteiger partial charge on any atom is 0.237 e. The number of amides is 1. The number of benzene rings is 1. The number of nitrogens with zero attached hydrogens (tertiary/aromatic N) is 2. The van der Waals surface area contributed by atoms with Crippen molar-refractivity contribution >= 4 is 5.91 Å². The molecule has 1 aliphatic heterocycles. The van der Waals surface area contributed by atoms with E-state index >= 15 is 0 Å². The van der Waals surface area contributed by atoms with Crippen molar-refractivity contribution in [3.63, 3.8) is 0 Å². The number of carbonyl (C=O) groups excluding carboxylic acids is 1. The molecule has 0 aromatic heterocycles. The molecule has 5 heteroatoms. The van der Waals surface area contributed by atoms with Crippen LogP contribution in [0.5, 0.6) is 0 Å². The molecular formula is C19H32N4O. The third-order valence-electron chi connectivity index (χ3n) is 4.71. The molecule has 5 nitrogen and oxygen atoms in total. The maximum absolute atomic E-state index is 12.1. The van der Waals surface area contributed by atoms with Crippen LogP contribution in [0.2, 0.25) is 0 Å². The van der Waals surface area contributed by atoms with Gasteiger partial charge in [0.2, 0.25) is 5.91 Å². The van der Waals surface area contributed by atoms with Crippen molar-refractivity contribution in [2.75, 3.05) is 33.2 Å². The van der Waals surface area contributed by atoms with Crippen molar-refractivity contribution in [3.05, 3.63) is 35.4 Å². The fourth-order valence-corrected chi connectivity index (χ4v) is 2.72. The van der Waals surface area contributed by atoms with Crippen molar-refractivity contribution < 1.29 is 4.79 Å². The number of hydrogen-bond donors (Lipinski definition) is 2. The second-order valence-electron chi connectivity index (χ2n) is 7.96. The first-order chi connectivity index (χ1) is 11.3. The highest BCUT2D eigenvalue weighted by molar-refractivity contribution is 5.82. The highest BCUT2D eigenvalue weighted by atomic mass is 16.2. The molecule has 0 spiro atoms. The molecule has 1 fully saturated rings. The van der Waals surface area contributed by atoms with E-state index in [9.17, 15) is 4.79 Å². The molecule has 0 radical (unpaired) electrons. The van der Waals surface area contributed by atoms with Crippen LogP contribution in [0.1, 0.15) is 31.9 Å². The van der Waals surface area contributed by atoms with E-state index in [1.54, 1.807) is 0 Å². The van der Waals surface area contributed by atoms with Crippen LogP contribution >= 0.6 is 0 Å². The Morgan fingerprint density at radius 1 is 1.12 bits per heavy atom. The van der Waals surface area contributed by atoms with Gasteiger partial charge in [-0.3, -0.25) is 9.69 Å². The van der Waals surface area contributed by atoms with E-state index in [4.69, 9.17) is 5.73 Å². The van der Waals surface area contributed by atoms with E-state index in [1.807, 2.05) is 20.8 Å². The number of piperazine rings is 1. The molecule has 1 aromatic carbocycles. The van der Waals surface area contributed by atoms with Gasteiger partial charge in [-0.15, -0.1) is 0 Å². The molecular weight excluding hydrogens is 300 g/mol. The smallest absolute Gasteiger partial charge is 0.237 e. The summed E-state index contributed by atoms with van der Waals surface area (Å²) in [5.74, 6) is -0.0935. The predicted molar refractivity (Wildman–Crippen MR) is 98.5 cm³/mol. The highest BCUT2D eigenvalue weighted by Crippen LogP contribution is 2.17. The lowest BCUT2D eigenvalue weighted by Crippen LogP contribution is -2.48. The van der Waals surface area contributed by atoms with Crippen LogP contribution in [0.15, 0.2) is 24.3 Å². The quantitative estimate of drug-likeness (QED) is 0.856. The first kappa shape index (κ1) is 18.9. The molecule has 24 heavy (non-hydrogen) atoms. The lowest BCUT2D eigenvalue weighted by atomic mass is 9.87. The zero-order valence-corrected chi connectivity index (χ0v) is 15.5. The average Bonchev–Trinajstić information content (AvgIpc) is 2.54. The Morgan fingerprint density at radius 3 is 2.21 bits per heavy atom. The lowest BCUT2D eigenvalue weighted by Gasteiger charge is -2.32. The van der Waals surface area contributed by atoms with E-state index in [2.05, 4.69) is 46.4 Å². The van der Waals surface area contributed by atoms with E-state index in [1.165, 1.54) is 5.56 Å².